The lowest BCUT2D eigenvalue weighted by Gasteiger charge is -2.12. The minimum Gasteiger partial charge on any atom is -0.482 e. The van der Waals surface area contributed by atoms with Crippen molar-refractivity contribution < 1.29 is 9.53 Å². The van der Waals surface area contributed by atoms with Crippen LogP contribution >= 0.6 is 11.6 Å². The second kappa shape index (κ2) is 8.82. The van der Waals surface area contributed by atoms with Crippen LogP contribution in [0.5, 0.6) is 5.75 Å². The van der Waals surface area contributed by atoms with Crippen molar-refractivity contribution in [3.63, 3.8) is 0 Å². The largest absolute Gasteiger partial charge is 0.482 e. The summed E-state index contributed by atoms with van der Waals surface area (Å²) in [5.74, 6) is 0.382. The minimum atomic E-state index is -0.139. The van der Waals surface area contributed by atoms with Crippen molar-refractivity contribution >= 4 is 17.5 Å². The van der Waals surface area contributed by atoms with Crippen LogP contribution in [0.3, 0.4) is 0 Å². The molecule has 1 unspecified atom stereocenters. The highest BCUT2D eigenvalue weighted by atomic mass is 35.5. The number of rotatable bonds is 8. The molecule has 0 spiro atoms. The van der Waals surface area contributed by atoms with E-state index in [-0.39, 0.29) is 18.6 Å². The Bertz CT molecular complexity index is 438. The lowest BCUT2D eigenvalue weighted by Crippen LogP contribution is -2.29. The monoisotopic (exact) mass is 298 g/mol. The van der Waals surface area contributed by atoms with E-state index in [1.165, 1.54) is 0 Å². The predicted molar refractivity (Wildman–Crippen MR) is 82.2 cm³/mol. The zero-order chi connectivity index (χ0) is 15.0. The van der Waals surface area contributed by atoms with Gasteiger partial charge in [0.1, 0.15) is 5.75 Å². The predicted octanol–water partition coefficient (Wildman–Crippen LogP) is 2.52. The Kier molecular flexibility index (Phi) is 7.41. The number of nitrogens with two attached hydrogens (primary N) is 1. The van der Waals surface area contributed by atoms with Crippen LogP contribution in [0.1, 0.15) is 32.3 Å². The van der Waals surface area contributed by atoms with E-state index in [1.54, 1.807) is 6.07 Å². The molecule has 5 heteroatoms. The van der Waals surface area contributed by atoms with E-state index >= 15 is 0 Å². The molecule has 1 amide bonds. The number of benzene rings is 1. The summed E-state index contributed by atoms with van der Waals surface area (Å²) in [6.07, 6.45) is 2.61. The minimum absolute atomic E-state index is 0.0203. The number of hydrogen-bond acceptors (Lipinski definition) is 3. The van der Waals surface area contributed by atoms with Gasteiger partial charge in [-0.25, -0.2) is 0 Å². The summed E-state index contributed by atoms with van der Waals surface area (Å²) in [4.78, 5) is 11.4. The molecule has 1 atom stereocenters. The van der Waals surface area contributed by atoms with E-state index < -0.39 is 0 Å². The van der Waals surface area contributed by atoms with Gasteiger partial charge in [0.05, 0.1) is 5.02 Å². The molecule has 0 fully saturated rings. The summed E-state index contributed by atoms with van der Waals surface area (Å²) < 4.78 is 5.41. The fraction of sp³-hybridized carbons (Fsp3) is 0.533. The van der Waals surface area contributed by atoms with Crippen LogP contribution in [0.25, 0.3) is 0 Å². The Labute approximate surface area is 125 Å². The highest BCUT2D eigenvalue weighted by molar-refractivity contribution is 6.32. The first-order valence-corrected chi connectivity index (χ1v) is 7.38. The third kappa shape index (κ3) is 5.80. The Hall–Kier alpha value is -1.26. The van der Waals surface area contributed by atoms with Crippen LogP contribution in [0.4, 0.5) is 0 Å². The topological polar surface area (TPSA) is 64.3 Å². The van der Waals surface area contributed by atoms with Gasteiger partial charge in [0.2, 0.25) is 0 Å². The molecule has 112 valence electrons. The summed E-state index contributed by atoms with van der Waals surface area (Å²) in [5.41, 5.74) is 6.99. The van der Waals surface area contributed by atoms with Crippen molar-refractivity contribution in [2.45, 2.75) is 39.2 Å². The van der Waals surface area contributed by atoms with Gasteiger partial charge < -0.3 is 15.8 Å². The Balaban J connectivity index is 2.53. The number of nitrogens with one attached hydrogen (secondary N) is 1. The van der Waals surface area contributed by atoms with Crippen molar-refractivity contribution in [3.8, 4) is 5.75 Å². The maximum absolute atomic E-state index is 11.4. The average molecular weight is 299 g/mol. The fourth-order valence-electron chi connectivity index (χ4n) is 1.69. The van der Waals surface area contributed by atoms with E-state index in [0.29, 0.717) is 17.3 Å². The van der Waals surface area contributed by atoms with Gasteiger partial charge in [0, 0.05) is 12.6 Å². The van der Waals surface area contributed by atoms with Crippen LogP contribution < -0.4 is 15.8 Å². The van der Waals surface area contributed by atoms with Gasteiger partial charge in [-0.15, -0.1) is 0 Å². The SMILES string of the molecule is CCCNC(=O)COc1ccc(CC(N)CC)cc1Cl. The van der Waals surface area contributed by atoms with E-state index in [1.807, 2.05) is 19.1 Å². The van der Waals surface area contributed by atoms with Crippen molar-refractivity contribution in [2.75, 3.05) is 13.2 Å². The molecule has 1 aromatic carbocycles. The van der Waals surface area contributed by atoms with Gasteiger partial charge in [-0.3, -0.25) is 4.79 Å². The molecular formula is C15H23ClN2O2. The standard InChI is InChI=1S/C15H23ClN2O2/c1-3-7-18-15(19)10-20-14-6-5-11(9-13(14)16)8-12(17)4-2/h5-6,9,12H,3-4,7-8,10,17H2,1-2H3,(H,18,19). The van der Waals surface area contributed by atoms with Gasteiger partial charge in [0.15, 0.2) is 6.61 Å². The van der Waals surface area contributed by atoms with Gasteiger partial charge in [0.25, 0.3) is 5.91 Å². The third-order valence-corrected chi connectivity index (χ3v) is 3.24. The second-order valence-electron chi connectivity index (χ2n) is 4.78. The number of halogens is 1. The Morgan fingerprint density at radius 1 is 1.45 bits per heavy atom. The molecule has 0 radical (unpaired) electrons. The normalized spacial score (nSPS) is 12.0. The number of hydrogen-bond donors (Lipinski definition) is 2. The Morgan fingerprint density at radius 3 is 2.80 bits per heavy atom. The fourth-order valence-corrected chi connectivity index (χ4v) is 1.95. The van der Waals surface area contributed by atoms with E-state index in [0.717, 1.165) is 24.8 Å². The van der Waals surface area contributed by atoms with E-state index in [9.17, 15) is 4.79 Å². The van der Waals surface area contributed by atoms with Crippen molar-refractivity contribution in [3.05, 3.63) is 28.8 Å². The molecule has 3 N–H and O–H groups in total. The summed E-state index contributed by atoms with van der Waals surface area (Å²) in [6.45, 7) is 4.69. The van der Waals surface area contributed by atoms with E-state index in [2.05, 4.69) is 12.2 Å². The third-order valence-electron chi connectivity index (χ3n) is 2.95. The Morgan fingerprint density at radius 2 is 2.20 bits per heavy atom. The van der Waals surface area contributed by atoms with Crippen LogP contribution in [0.2, 0.25) is 5.02 Å². The highest BCUT2D eigenvalue weighted by Gasteiger charge is 2.08. The molecule has 0 aliphatic heterocycles. The summed E-state index contributed by atoms with van der Waals surface area (Å²) in [5, 5.41) is 3.25. The maximum Gasteiger partial charge on any atom is 0.257 e. The molecule has 0 aromatic heterocycles. The summed E-state index contributed by atoms with van der Waals surface area (Å²) in [6, 6.07) is 5.70. The second-order valence-corrected chi connectivity index (χ2v) is 5.18. The first-order chi connectivity index (χ1) is 9.56. The molecular weight excluding hydrogens is 276 g/mol. The zero-order valence-corrected chi connectivity index (χ0v) is 12.9. The number of carbonyl (C=O) groups is 1. The average Bonchev–Trinajstić information content (AvgIpc) is 2.44. The lowest BCUT2D eigenvalue weighted by atomic mass is 10.0. The van der Waals surface area contributed by atoms with Crippen LogP contribution in [0, 0.1) is 0 Å². The van der Waals surface area contributed by atoms with Crippen molar-refractivity contribution in [1.29, 1.82) is 0 Å². The molecule has 0 bridgehead atoms. The molecule has 0 saturated heterocycles. The number of carbonyl (C=O) groups excluding carboxylic acids is 1. The van der Waals surface area contributed by atoms with Crippen LogP contribution in [-0.4, -0.2) is 25.1 Å². The van der Waals surface area contributed by atoms with Crippen molar-refractivity contribution in [1.82, 2.24) is 5.32 Å². The molecule has 1 rings (SSSR count). The quantitative estimate of drug-likeness (QED) is 0.775. The number of ether oxygens (including phenoxy) is 1. The smallest absolute Gasteiger partial charge is 0.257 e. The van der Waals surface area contributed by atoms with Gasteiger partial charge in [-0.05, 0) is 37.0 Å². The highest BCUT2D eigenvalue weighted by Crippen LogP contribution is 2.26. The van der Waals surface area contributed by atoms with Crippen LogP contribution in [-0.2, 0) is 11.2 Å². The first-order valence-electron chi connectivity index (χ1n) is 7.00. The van der Waals surface area contributed by atoms with Gasteiger partial charge in [-0.2, -0.15) is 0 Å². The summed E-state index contributed by atoms with van der Waals surface area (Å²) >= 11 is 6.15. The molecule has 20 heavy (non-hydrogen) atoms. The first kappa shape index (κ1) is 16.8. The maximum atomic E-state index is 11.4. The molecule has 1 aromatic rings. The van der Waals surface area contributed by atoms with Gasteiger partial charge >= 0.3 is 0 Å². The lowest BCUT2D eigenvalue weighted by molar-refractivity contribution is -0.123. The molecule has 0 heterocycles. The molecule has 0 aliphatic rings. The van der Waals surface area contributed by atoms with Crippen LogP contribution in [0.15, 0.2) is 18.2 Å². The zero-order valence-electron chi connectivity index (χ0n) is 12.1. The number of amides is 1. The molecule has 0 saturated carbocycles. The molecule has 4 nitrogen and oxygen atoms in total. The van der Waals surface area contributed by atoms with Gasteiger partial charge in [-0.1, -0.05) is 31.5 Å². The summed E-state index contributed by atoms with van der Waals surface area (Å²) in [7, 11) is 0. The molecule has 0 aliphatic carbocycles. The van der Waals surface area contributed by atoms with E-state index in [4.69, 9.17) is 22.1 Å². The van der Waals surface area contributed by atoms with Crippen molar-refractivity contribution in [2.24, 2.45) is 5.73 Å².